The van der Waals surface area contributed by atoms with E-state index in [4.69, 9.17) is 9.47 Å². The molecule has 6 rings (SSSR count). The summed E-state index contributed by atoms with van der Waals surface area (Å²) in [6.07, 6.45) is -7.26. The van der Waals surface area contributed by atoms with Crippen molar-refractivity contribution in [3.05, 3.63) is 71.4 Å². The lowest BCUT2D eigenvalue weighted by Crippen LogP contribution is -2.49. The van der Waals surface area contributed by atoms with E-state index in [9.17, 15) is 35.5 Å². The van der Waals surface area contributed by atoms with Crippen LogP contribution in [0.2, 0.25) is 0 Å². The van der Waals surface area contributed by atoms with E-state index in [2.05, 4.69) is 20.1 Å². The third-order valence-electron chi connectivity index (χ3n) is 8.00. The number of rotatable bonds is 7. The molecule has 0 spiro atoms. The second-order valence-corrected chi connectivity index (χ2v) is 11.2. The van der Waals surface area contributed by atoms with Crippen molar-refractivity contribution in [3.8, 4) is 28.1 Å². The van der Waals surface area contributed by atoms with Gasteiger partial charge < -0.3 is 14.4 Å². The minimum absolute atomic E-state index is 0.0101. The Hall–Kier alpha value is -4.96. The first kappa shape index (κ1) is 32.0. The number of benzene rings is 1. The molecule has 4 aromatic rings. The highest BCUT2D eigenvalue weighted by atomic mass is 19.4. The molecule has 10 nitrogen and oxygen atoms in total. The molecule has 2 atom stereocenters. The molecule has 47 heavy (non-hydrogen) atoms. The van der Waals surface area contributed by atoms with Crippen molar-refractivity contribution >= 4 is 12.0 Å². The van der Waals surface area contributed by atoms with Gasteiger partial charge in [-0.3, -0.25) is 9.58 Å². The highest BCUT2D eigenvalue weighted by molar-refractivity contribution is 5.77. The summed E-state index contributed by atoms with van der Waals surface area (Å²) in [5.41, 5.74) is -1.12. The van der Waals surface area contributed by atoms with E-state index in [0.717, 1.165) is 10.5 Å². The minimum Gasteiger partial charge on any atom is -0.481 e. The zero-order valence-corrected chi connectivity index (χ0v) is 25.0. The third kappa shape index (κ3) is 6.25. The summed E-state index contributed by atoms with van der Waals surface area (Å²) in [5.74, 6) is 0.346. The van der Waals surface area contributed by atoms with E-state index in [0.29, 0.717) is 28.8 Å². The second-order valence-electron chi connectivity index (χ2n) is 11.2. The lowest BCUT2D eigenvalue weighted by molar-refractivity contribution is -0.143. The second kappa shape index (κ2) is 11.7. The summed E-state index contributed by atoms with van der Waals surface area (Å²) in [4.78, 5) is 29.3. The first-order valence-corrected chi connectivity index (χ1v) is 14.2. The van der Waals surface area contributed by atoms with Crippen molar-refractivity contribution in [2.45, 2.75) is 44.1 Å². The minimum atomic E-state index is -5.08. The molecule has 1 aromatic carbocycles. The van der Waals surface area contributed by atoms with Gasteiger partial charge in [0.15, 0.2) is 0 Å². The van der Waals surface area contributed by atoms with Crippen LogP contribution in [0.25, 0.3) is 22.3 Å². The molecular weight excluding hydrogens is 639 g/mol. The molecule has 2 unspecified atom stereocenters. The Labute approximate surface area is 262 Å². The Bertz CT molecular complexity index is 1790. The fraction of sp³-hybridized carbons (Fsp3) is 0.367. The molecule has 0 radical (unpaired) electrons. The van der Waals surface area contributed by atoms with Gasteiger partial charge in [-0.1, -0.05) is 0 Å². The van der Waals surface area contributed by atoms with Gasteiger partial charge in [-0.05, 0) is 36.8 Å². The number of carbonyl (C=O) groups is 1. The normalized spacial score (nSPS) is 18.8. The average molecular weight is 666 g/mol. The number of alkyl halides is 7. The molecule has 0 aliphatic carbocycles. The Kier molecular flexibility index (Phi) is 7.96. The Morgan fingerprint density at radius 1 is 0.936 bits per heavy atom. The molecule has 2 fully saturated rings. The summed E-state index contributed by atoms with van der Waals surface area (Å²) in [6, 6.07) is 1.82. The predicted molar refractivity (Wildman–Crippen MR) is 152 cm³/mol. The number of hydrogen-bond donors (Lipinski definition) is 0. The number of aryl methyl sites for hydroxylation is 1. The molecule has 3 aromatic heterocycles. The van der Waals surface area contributed by atoms with E-state index in [1.165, 1.54) is 20.2 Å². The number of carbonyl (C=O) groups excluding carboxylic acids is 1. The topological polar surface area (TPSA) is 98.5 Å². The summed E-state index contributed by atoms with van der Waals surface area (Å²) < 4.78 is 108. The van der Waals surface area contributed by atoms with Crippen LogP contribution in [0.5, 0.6) is 5.88 Å². The van der Waals surface area contributed by atoms with E-state index in [-0.39, 0.29) is 43.2 Å². The standard InChI is InChI=1S/C30H26F7N7O3/c1-15-25(16-4-19(29(32,33)34)7-20(5-16)30(35,36)37)47-28(45)44(15)14-24-23(10-39-27(41-24)43-12-21(31)13-43)22-6-17(8-38-26(22)46-3)18-9-40-42(2)11-18/h4-11,15,21,25H,12-14H2,1-3H3. The van der Waals surface area contributed by atoms with Crippen molar-refractivity contribution < 1.29 is 45.0 Å². The maximum Gasteiger partial charge on any atom is 0.416 e. The lowest BCUT2D eigenvalue weighted by Gasteiger charge is -2.34. The molecule has 17 heteroatoms. The summed E-state index contributed by atoms with van der Waals surface area (Å²) in [5, 5.41) is 4.18. The molecule has 0 N–H and O–H groups in total. The van der Waals surface area contributed by atoms with Crippen LogP contribution in [0, 0.1) is 0 Å². The van der Waals surface area contributed by atoms with Crippen molar-refractivity contribution in [1.82, 2.24) is 29.6 Å². The maximum atomic E-state index is 13.7. The molecule has 2 aliphatic heterocycles. The Balaban J connectivity index is 1.40. The average Bonchev–Trinajstić information content (AvgIpc) is 3.56. The van der Waals surface area contributed by atoms with Crippen LogP contribution < -0.4 is 9.64 Å². The van der Waals surface area contributed by atoms with Crippen LogP contribution >= 0.6 is 0 Å². The van der Waals surface area contributed by atoms with Gasteiger partial charge in [-0.15, -0.1) is 0 Å². The molecular formula is C30H26F7N7O3. The fourth-order valence-corrected chi connectivity index (χ4v) is 5.49. The number of anilines is 1. The van der Waals surface area contributed by atoms with E-state index >= 15 is 0 Å². The summed E-state index contributed by atoms with van der Waals surface area (Å²) in [6.45, 7) is 1.24. The number of ether oxygens (including phenoxy) is 2. The Morgan fingerprint density at radius 2 is 1.62 bits per heavy atom. The van der Waals surface area contributed by atoms with Crippen LogP contribution in [0.3, 0.4) is 0 Å². The van der Waals surface area contributed by atoms with E-state index in [1.54, 1.807) is 41.3 Å². The highest BCUT2D eigenvalue weighted by Crippen LogP contribution is 2.42. The number of cyclic esters (lactones) is 1. The predicted octanol–water partition coefficient (Wildman–Crippen LogP) is 6.23. The van der Waals surface area contributed by atoms with E-state index in [1.807, 2.05) is 0 Å². The highest BCUT2D eigenvalue weighted by Gasteiger charge is 2.44. The number of methoxy groups -OCH3 is 1. The smallest absolute Gasteiger partial charge is 0.416 e. The first-order valence-electron chi connectivity index (χ1n) is 14.2. The van der Waals surface area contributed by atoms with Gasteiger partial charge in [0.05, 0.1) is 55.8 Å². The molecule has 2 saturated heterocycles. The van der Waals surface area contributed by atoms with Crippen molar-refractivity contribution in [3.63, 3.8) is 0 Å². The van der Waals surface area contributed by atoms with Crippen molar-refractivity contribution in [2.24, 2.45) is 7.05 Å². The molecule has 0 bridgehead atoms. The van der Waals surface area contributed by atoms with Gasteiger partial charge in [0.1, 0.15) is 12.3 Å². The SMILES string of the molecule is COc1ncc(-c2cnn(C)c2)cc1-c1cnc(N2CC(F)C2)nc1CN1C(=O)OC(c2cc(C(F)(F)F)cc(C(F)(F)F)c2)C1C. The molecule has 0 saturated carbocycles. The lowest BCUT2D eigenvalue weighted by atomic mass is 9.97. The number of hydrogen-bond acceptors (Lipinski definition) is 8. The molecule has 2 aliphatic rings. The van der Waals surface area contributed by atoms with Crippen LogP contribution in [0.4, 0.5) is 41.5 Å². The zero-order chi connectivity index (χ0) is 33.8. The number of halogens is 7. The largest absolute Gasteiger partial charge is 0.481 e. The number of pyridine rings is 1. The van der Waals surface area contributed by atoms with E-state index < -0.39 is 53.5 Å². The molecule has 248 valence electrons. The quantitative estimate of drug-likeness (QED) is 0.215. The number of nitrogens with zero attached hydrogens (tertiary/aromatic N) is 7. The van der Waals surface area contributed by atoms with Gasteiger partial charge in [-0.25, -0.2) is 24.1 Å². The van der Waals surface area contributed by atoms with Gasteiger partial charge >= 0.3 is 18.4 Å². The summed E-state index contributed by atoms with van der Waals surface area (Å²) >= 11 is 0. The van der Waals surface area contributed by atoms with Crippen molar-refractivity contribution in [1.29, 1.82) is 0 Å². The van der Waals surface area contributed by atoms with Gasteiger partial charge in [-0.2, -0.15) is 31.4 Å². The summed E-state index contributed by atoms with van der Waals surface area (Å²) in [7, 11) is 3.15. The van der Waals surface area contributed by atoms with Crippen LogP contribution in [0.1, 0.15) is 35.4 Å². The Morgan fingerprint density at radius 3 is 2.19 bits per heavy atom. The maximum absolute atomic E-state index is 13.7. The van der Waals surface area contributed by atoms with Gasteiger partial charge in [0.25, 0.3) is 0 Å². The van der Waals surface area contributed by atoms with Crippen LogP contribution in [-0.4, -0.2) is 68.1 Å². The molecule has 1 amide bonds. The van der Waals surface area contributed by atoms with Gasteiger partial charge in [0, 0.05) is 47.9 Å². The van der Waals surface area contributed by atoms with Gasteiger partial charge in [0.2, 0.25) is 11.8 Å². The third-order valence-corrected chi connectivity index (χ3v) is 8.00. The van der Waals surface area contributed by atoms with Crippen LogP contribution in [-0.2, 0) is 30.7 Å². The fourth-order valence-electron chi connectivity index (χ4n) is 5.49. The number of amides is 1. The first-order chi connectivity index (χ1) is 22.1. The monoisotopic (exact) mass is 665 g/mol. The van der Waals surface area contributed by atoms with Crippen molar-refractivity contribution in [2.75, 3.05) is 25.1 Å². The molecule has 5 heterocycles. The number of aromatic nitrogens is 5. The zero-order valence-electron chi connectivity index (χ0n) is 25.0. The van der Waals surface area contributed by atoms with Crippen LogP contribution in [0.15, 0.2) is 49.1 Å².